The van der Waals surface area contributed by atoms with Gasteiger partial charge in [-0.05, 0) is 96.3 Å². The summed E-state index contributed by atoms with van der Waals surface area (Å²) in [5.41, 5.74) is 0. The summed E-state index contributed by atoms with van der Waals surface area (Å²) in [4.78, 5) is 51.4. The van der Waals surface area contributed by atoms with Gasteiger partial charge in [0.15, 0.2) is 24.6 Å². The molecule has 0 aliphatic carbocycles. The van der Waals surface area contributed by atoms with Gasteiger partial charge in [0.25, 0.3) is 0 Å². The summed E-state index contributed by atoms with van der Waals surface area (Å²) in [6, 6.07) is 0. The van der Waals surface area contributed by atoms with Crippen molar-refractivity contribution in [1.82, 2.24) is 0 Å². The molecule has 0 spiro atoms. The molecule has 12 nitrogen and oxygen atoms in total. The highest BCUT2D eigenvalue weighted by Gasteiger charge is 2.50. The number of aliphatic carboxylic acids is 1. The monoisotopic (exact) mass is 1160 g/mol. The van der Waals surface area contributed by atoms with Gasteiger partial charge in [-0.3, -0.25) is 14.4 Å². The molecule has 83 heavy (non-hydrogen) atoms. The minimum atomic E-state index is -1.92. The molecule has 0 radical (unpaired) electrons. The number of carboxylic acid groups (broad SMARTS) is 1. The lowest BCUT2D eigenvalue weighted by Gasteiger charge is -2.40. The van der Waals surface area contributed by atoms with Crippen LogP contribution in [0.4, 0.5) is 0 Å². The molecule has 0 aromatic carbocycles. The predicted octanol–water partition coefficient (Wildman–Crippen LogP) is 18.0. The van der Waals surface area contributed by atoms with Crippen molar-refractivity contribution in [3.05, 3.63) is 97.2 Å². The zero-order valence-electron chi connectivity index (χ0n) is 52.4. The second-order valence-electron chi connectivity index (χ2n) is 22.3. The van der Waals surface area contributed by atoms with E-state index in [2.05, 4.69) is 118 Å². The SMILES string of the molecule is CC/C=C\C/C=C\C/C=C\C/C=C\C/C=C\CCCCCC(=O)OC1C(OCC(COC(=O)CCCCCCCCC/C=C\C/C=C\C/C=C\CC)OC(=O)CCCCCCCCCCCCCCCCCCC)OC(C(=O)O)C(O)C1O. The van der Waals surface area contributed by atoms with Crippen molar-refractivity contribution in [3.8, 4) is 0 Å². The molecule has 3 N–H and O–H groups in total. The van der Waals surface area contributed by atoms with Crippen molar-refractivity contribution in [2.45, 2.75) is 314 Å². The largest absolute Gasteiger partial charge is 0.479 e. The molecule has 474 valence electrons. The lowest BCUT2D eigenvalue weighted by atomic mass is 9.98. The van der Waals surface area contributed by atoms with Crippen molar-refractivity contribution in [1.29, 1.82) is 0 Å². The van der Waals surface area contributed by atoms with Crippen molar-refractivity contribution in [2.75, 3.05) is 13.2 Å². The molecular formula is C71H118O12. The number of carbonyl (C=O) groups is 4. The molecule has 12 heteroatoms. The minimum Gasteiger partial charge on any atom is -0.479 e. The van der Waals surface area contributed by atoms with Crippen LogP contribution in [-0.4, -0.2) is 89.2 Å². The number of carbonyl (C=O) groups excluding carboxylic acids is 3. The Kier molecular flexibility index (Phi) is 53.6. The number of rotatable bonds is 56. The van der Waals surface area contributed by atoms with E-state index in [1.54, 1.807) is 0 Å². The minimum absolute atomic E-state index is 0.0177. The molecular weight excluding hydrogens is 1040 g/mol. The Bertz CT molecular complexity index is 1810. The van der Waals surface area contributed by atoms with Crippen molar-refractivity contribution in [2.24, 2.45) is 0 Å². The second-order valence-corrected chi connectivity index (χ2v) is 22.3. The van der Waals surface area contributed by atoms with Gasteiger partial charge in [0.2, 0.25) is 0 Å². The number of ether oxygens (including phenoxy) is 5. The normalized spacial score (nSPS) is 18.2. The molecule has 0 aromatic heterocycles. The van der Waals surface area contributed by atoms with Gasteiger partial charge in [-0.2, -0.15) is 0 Å². The van der Waals surface area contributed by atoms with Gasteiger partial charge in [-0.25, -0.2) is 4.79 Å². The topological polar surface area (TPSA) is 175 Å². The third-order valence-electron chi connectivity index (χ3n) is 14.7. The quantitative estimate of drug-likeness (QED) is 0.0228. The second kappa shape index (κ2) is 58.0. The van der Waals surface area contributed by atoms with Crippen molar-refractivity contribution in [3.63, 3.8) is 0 Å². The Hall–Kier alpha value is -4.36. The first-order valence-electron chi connectivity index (χ1n) is 33.2. The Morgan fingerprint density at radius 3 is 1.17 bits per heavy atom. The summed E-state index contributed by atoms with van der Waals surface area (Å²) >= 11 is 0. The highest BCUT2D eigenvalue weighted by atomic mass is 16.7. The summed E-state index contributed by atoms with van der Waals surface area (Å²) in [5.74, 6) is -3.16. The molecule has 0 bridgehead atoms. The molecule has 0 aromatic rings. The predicted molar refractivity (Wildman–Crippen MR) is 340 cm³/mol. The van der Waals surface area contributed by atoms with Crippen LogP contribution in [0.2, 0.25) is 0 Å². The van der Waals surface area contributed by atoms with Crippen molar-refractivity contribution < 1.29 is 58.2 Å². The standard InChI is InChI=1S/C71H118O12/c1-4-7-10-13-16-19-22-25-28-31-32-35-38-41-44-47-50-53-56-59-65(74)82-69-67(76)66(75)68(70(77)78)83-71(69)80-61-62(81-64(73)58-55-52-49-46-43-40-37-34-30-27-24-21-18-15-12-9-6-3)60-79-63(72)57-54-51-48-45-42-39-36-33-29-26-23-20-17-14-11-8-5-2/h7-8,10-11,16-17,19-20,25-26,28-29,32,35,41,44,62,66-69,71,75-76H,4-6,9,12-15,18,21-24,27,30-31,33-34,36-40,42-43,45-61H2,1-3H3,(H,77,78)/b10-7-,11-8-,19-16-,20-17-,28-25-,29-26-,35-32-,44-41-. The van der Waals surface area contributed by atoms with Crippen LogP contribution in [0.1, 0.15) is 278 Å². The van der Waals surface area contributed by atoms with E-state index in [0.29, 0.717) is 19.3 Å². The number of aliphatic hydroxyl groups excluding tert-OH is 2. The van der Waals surface area contributed by atoms with Crippen LogP contribution in [0.5, 0.6) is 0 Å². The first-order chi connectivity index (χ1) is 40.6. The maximum atomic E-state index is 13.2. The van der Waals surface area contributed by atoms with E-state index in [9.17, 15) is 34.5 Å². The zero-order valence-corrected chi connectivity index (χ0v) is 52.4. The number of hydrogen-bond acceptors (Lipinski definition) is 11. The average Bonchev–Trinajstić information content (AvgIpc) is 3.55. The van der Waals surface area contributed by atoms with Crippen LogP contribution in [0, 0.1) is 0 Å². The molecule has 1 fully saturated rings. The third-order valence-corrected chi connectivity index (χ3v) is 14.7. The van der Waals surface area contributed by atoms with Crippen LogP contribution in [0.15, 0.2) is 97.2 Å². The number of allylic oxidation sites excluding steroid dienone is 16. The summed E-state index contributed by atoms with van der Waals surface area (Å²) in [6.45, 7) is 5.78. The van der Waals surface area contributed by atoms with Crippen LogP contribution in [0.3, 0.4) is 0 Å². The van der Waals surface area contributed by atoms with Gasteiger partial charge in [-0.15, -0.1) is 0 Å². The van der Waals surface area contributed by atoms with Gasteiger partial charge in [0, 0.05) is 19.3 Å². The summed E-state index contributed by atoms with van der Waals surface area (Å²) in [7, 11) is 0. The average molecular weight is 1160 g/mol. The Morgan fingerprint density at radius 1 is 0.410 bits per heavy atom. The third kappa shape index (κ3) is 47.6. The fourth-order valence-corrected chi connectivity index (χ4v) is 9.65. The number of hydrogen-bond donors (Lipinski definition) is 3. The number of unbranched alkanes of at least 4 members (excludes halogenated alkanes) is 26. The highest BCUT2D eigenvalue weighted by molar-refractivity contribution is 5.74. The Morgan fingerprint density at radius 2 is 0.759 bits per heavy atom. The number of aliphatic hydroxyl groups is 2. The maximum Gasteiger partial charge on any atom is 0.335 e. The van der Waals surface area contributed by atoms with E-state index in [-0.39, 0.29) is 25.9 Å². The number of carboxylic acids is 1. The van der Waals surface area contributed by atoms with Gasteiger partial charge in [0.05, 0.1) is 6.61 Å². The first-order valence-corrected chi connectivity index (χ1v) is 33.2. The van der Waals surface area contributed by atoms with Gasteiger partial charge in [0.1, 0.15) is 18.8 Å². The fourth-order valence-electron chi connectivity index (χ4n) is 9.65. The van der Waals surface area contributed by atoms with Gasteiger partial charge >= 0.3 is 23.9 Å². The molecule has 1 rings (SSSR count). The molecule has 1 heterocycles. The number of esters is 3. The van der Waals surface area contributed by atoms with Crippen LogP contribution < -0.4 is 0 Å². The summed E-state index contributed by atoms with van der Waals surface area (Å²) in [6.07, 6.45) is 65.0. The molecule has 1 saturated heterocycles. The lowest BCUT2D eigenvalue weighted by Crippen LogP contribution is -2.61. The Balaban J connectivity index is 2.68. The Labute approximate surface area is 504 Å². The van der Waals surface area contributed by atoms with E-state index in [0.717, 1.165) is 128 Å². The maximum absolute atomic E-state index is 13.2. The summed E-state index contributed by atoms with van der Waals surface area (Å²) in [5, 5.41) is 31.6. The molecule has 6 atom stereocenters. The van der Waals surface area contributed by atoms with E-state index in [1.165, 1.54) is 89.9 Å². The van der Waals surface area contributed by atoms with E-state index < -0.39 is 67.3 Å². The molecule has 0 amide bonds. The van der Waals surface area contributed by atoms with E-state index in [4.69, 9.17) is 23.7 Å². The molecule has 6 unspecified atom stereocenters. The van der Waals surface area contributed by atoms with Crippen LogP contribution in [-0.2, 0) is 42.9 Å². The molecule has 1 aliphatic rings. The van der Waals surface area contributed by atoms with Gasteiger partial charge < -0.3 is 39.0 Å². The fraction of sp³-hybridized carbons (Fsp3) is 0.718. The highest BCUT2D eigenvalue weighted by Crippen LogP contribution is 2.27. The zero-order chi connectivity index (χ0) is 60.3. The lowest BCUT2D eigenvalue weighted by molar-refractivity contribution is -0.301. The van der Waals surface area contributed by atoms with Crippen LogP contribution >= 0.6 is 0 Å². The van der Waals surface area contributed by atoms with Gasteiger partial charge in [-0.1, -0.05) is 259 Å². The van der Waals surface area contributed by atoms with E-state index in [1.807, 2.05) is 0 Å². The molecule has 1 aliphatic heterocycles. The molecule has 0 saturated carbocycles. The van der Waals surface area contributed by atoms with Crippen LogP contribution in [0.25, 0.3) is 0 Å². The van der Waals surface area contributed by atoms with E-state index >= 15 is 0 Å². The first kappa shape index (κ1) is 76.7. The summed E-state index contributed by atoms with van der Waals surface area (Å²) < 4.78 is 28.5. The smallest absolute Gasteiger partial charge is 0.335 e. The van der Waals surface area contributed by atoms with Crippen molar-refractivity contribution >= 4 is 23.9 Å².